The van der Waals surface area contributed by atoms with Crippen LogP contribution in [0.25, 0.3) is 11.0 Å². The molecule has 3 heterocycles. The van der Waals surface area contributed by atoms with Crippen molar-refractivity contribution >= 4 is 22.8 Å². The maximum Gasteiger partial charge on any atom is 0.289 e. The standard InChI is InChI=1S/C21H19N3O5/c25-16-11-19(29-18-7-2-1-5-13(16)18)21(28)24-10-8-14(17(26)12-24)23-20(27)15-6-3-4-9-22-15/h1-7,9,11,14,17,26H,8,10,12H2,(H,23,27)/t14-,17-/m1/s1. The van der Waals surface area contributed by atoms with Gasteiger partial charge in [0.15, 0.2) is 11.2 Å². The Balaban J connectivity index is 1.45. The quantitative estimate of drug-likeness (QED) is 0.691. The van der Waals surface area contributed by atoms with Crippen molar-refractivity contribution in [2.24, 2.45) is 0 Å². The first kappa shape index (κ1) is 18.8. The zero-order valence-electron chi connectivity index (χ0n) is 15.4. The number of hydrogen-bond acceptors (Lipinski definition) is 6. The number of pyridine rings is 1. The Hall–Kier alpha value is -3.52. The summed E-state index contributed by atoms with van der Waals surface area (Å²) in [6.45, 7) is 0.322. The number of aliphatic hydroxyl groups is 1. The second kappa shape index (κ2) is 7.84. The van der Waals surface area contributed by atoms with Crippen molar-refractivity contribution < 1.29 is 19.1 Å². The molecule has 0 aliphatic carbocycles. The van der Waals surface area contributed by atoms with Gasteiger partial charge < -0.3 is 19.7 Å². The topological polar surface area (TPSA) is 113 Å². The number of benzene rings is 1. The zero-order chi connectivity index (χ0) is 20.4. The second-order valence-corrected chi connectivity index (χ2v) is 6.87. The van der Waals surface area contributed by atoms with Gasteiger partial charge in [-0.25, -0.2) is 0 Å². The minimum absolute atomic E-state index is 0.0164. The highest BCUT2D eigenvalue weighted by Gasteiger charge is 2.32. The molecule has 148 valence electrons. The molecule has 2 atom stereocenters. The van der Waals surface area contributed by atoms with Crippen LogP contribution in [-0.4, -0.2) is 52.0 Å². The number of hydrogen-bond donors (Lipinski definition) is 2. The van der Waals surface area contributed by atoms with E-state index in [-0.39, 0.29) is 29.3 Å². The van der Waals surface area contributed by atoms with Crippen LogP contribution in [0.15, 0.2) is 63.9 Å². The molecule has 0 bridgehead atoms. The Kier molecular flexibility index (Phi) is 5.09. The van der Waals surface area contributed by atoms with E-state index in [4.69, 9.17) is 4.42 Å². The van der Waals surface area contributed by atoms with Crippen LogP contribution in [-0.2, 0) is 0 Å². The molecule has 1 aliphatic rings. The van der Waals surface area contributed by atoms with Gasteiger partial charge in [-0.2, -0.15) is 0 Å². The highest BCUT2D eigenvalue weighted by Crippen LogP contribution is 2.17. The van der Waals surface area contributed by atoms with E-state index < -0.39 is 18.1 Å². The Labute approximate surface area is 165 Å². The van der Waals surface area contributed by atoms with Crippen LogP contribution in [0, 0.1) is 0 Å². The fourth-order valence-corrected chi connectivity index (χ4v) is 3.39. The second-order valence-electron chi connectivity index (χ2n) is 6.87. The lowest BCUT2D eigenvalue weighted by Gasteiger charge is -2.35. The summed E-state index contributed by atoms with van der Waals surface area (Å²) in [5.74, 6) is -0.923. The molecule has 1 aromatic carbocycles. The average molecular weight is 393 g/mol. The summed E-state index contributed by atoms with van der Waals surface area (Å²) < 4.78 is 5.59. The molecule has 1 fully saturated rings. The van der Waals surface area contributed by atoms with Gasteiger partial charge in [-0.15, -0.1) is 0 Å². The summed E-state index contributed by atoms with van der Waals surface area (Å²) >= 11 is 0. The summed E-state index contributed by atoms with van der Waals surface area (Å²) in [6, 6.07) is 12.4. The number of amides is 2. The number of β-amino-alcohol motifs (C(OH)–C–C–N with tert-alkyl or cyclic N) is 1. The number of rotatable bonds is 3. The third-order valence-corrected chi connectivity index (χ3v) is 4.93. The van der Waals surface area contributed by atoms with Crippen molar-refractivity contribution in [1.29, 1.82) is 0 Å². The number of nitrogens with zero attached hydrogens (tertiary/aromatic N) is 2. The fraction of sp³-hybridized carbons (Fsp3) is 0.238. The highest BCUT2D eigenvalue weighted by molar-refractivity contribution is 5.94. The van der Waals surface area contributed by atoms with Gasteiger partial charge >= 0.3 is 0 Å². The minimum Gasteiger partial charge on any atom is -0.451 e. The largest absolute Gasteiger partial charge is 0.451 e. The lowest BCUT2D eigenvalue weighted by atomic mass is 10.0. The summed E-state index contributed by atoms with van der Waals surface area (Å²) in [7, 11) is 0. The van der Waals surface area contributed by atoms with Crippen molar-refractivity contribution in [1.82, 2.24) is 15.2 Å². The SMILES string of the molecule is O=C(N[C@@H]1CCN(C(=O)c2cc(=O)c3ccccc3o2)C[C@H]1O)c1ccccn1. The third-order valence-electron chi connectivity index (χ3n) is 4.93. The fourth-order valence-electron chi connectivity index (χ4n) is 3.39. The number of fused-ring (bicyclic) bond motifs is 1. The lowest BCUT2D eigenvalue weighted by molar-refractivity contribution is 0.0296. The molecule has 29 heavy (non-hydrogen) atoms. The van der Waals surface area contributed by atoms with Crippen molar-refractivity contribution in [2.45, 2.75) is 18.6 Å². The number of nitrogens with one attached hydrogen (secondary N) is 1. The van der Waals surface area contributed by atoms with Crippen LogP contribution in [0.4, 0.5) is 0 Å². The van der Waals surface area contributed by atoms with Crippen LogP contribution >= 0.6 is 0 Å². The van der Waals surface area contributed by atoms with Crippen LogP contribution < -0.4 is 10.7 Å². The van der Waals surface area contributed by atoms with Crippen molar-refractivity contribution in [3.05, 3.63) is 76.4 Å². The molecule has 2 N–H and O–H groups in total. The number of aromatic nitrogens is 1. The third kappa shape index (κ3) is 3.88. The zero-order valence-corrected chi connectivity index (χ0v) is 15.4. The van der Waals surface area contributed by atoms with E-state index in [1.165, 1.54) is 17.2 Å². The minimum atomic E-state index is -0.951. The number of likely N-dealkylation sites (tertiary alicyclic amines) is 1. The normalized spacial score (nSPS) is 19.1. The molecule has 3 aromatic rings. The predicted molar refractivity (Wildman–Crippen MR) is 105 cm³/mol. The van der Waals surface area contributed by atoms with E-state index in [1.54, 1.807) is 42.5 Å². The average Bonchev–Trinajstić information content (AvgIpc) is 2.75. The number of carbonyl (C=O) groups excluding carboxylic acids is 2. The predicted octanol–water partition coefficient (Wildman–Crippen LogP) is 1.19. The maximum atomic E-state index is 12.8. The molecular formula is C21H19N3O5. The molecular weight excluding hydrogens is 374 g/mol. The Morgan fingerprint density at radius 1 is 1.17 bits per heavy atom. The molecule has 1 aliphatic heterocycles. The first-order chi connectivity index (χ1) is 14.0. The summed E-state index contributed by atoms with van der Waals surface area (Å²) in [5, 5.41) is 13.6. The molecule has 1 saturated heterocycles. The van der Waals surface area contributed by atoms with Gasteiger partial charge in [0.1, 0.15) is 11.3 Å². The molecule has 0 radical (unpaired) electrons. The number of para-hydroxylation sites is 1. The van der Waals surface area contributed by atoms with Crippen LogP contribution in [0.1, 0.15) is 27.5 Å². The van der Waals surface area contributed by atoms with E-state index in [1.807, 2.05) is 0 Å². The van der Waals surface area contributed by atoms with Crippen LogP contribution in [0.2, 0.25) is 0 Å². The van der Waals surface area contributed by atoms with Gasteiger partial charge in [0.2, 0.25) is 0 Å². The van der Waals surface area contributed by atoms with E-state index in [9.17, 15) is 19.5 Å². The molecule has 2 aromatic heterocycles. The van der Waals surface area contributed by atoms with Gasteiger partial charge in [0.05, 0.1) is 17.5 Å². The summed E-state index contributed by atoms with van der Waals surface area (Å²) in [4.78, 5) is 42.6. The molecule has 0 saturated carbocycles. The summed E-state index contributed by atoms with van der Waals surface area (Å²) in [5.41, 5.74) is 0.297. The van der Waals surface area contributed by atoms with Gasteiger partial charge in [-0.3, -0.25) is 19.4 Å². The van der Waals surface area contributed by atoms with Crippen molar-refractivity contribution in [3.63, 3.8) is 0 Å². The van der Waals surface area contributed by atoms with Gasteiger partial charge in [-0.05, 0) is 30.7 Å². The Morgan fingerprint density at radius 2 is 1.97 bits per heavy atom. The van der Waals surface area contributed by atoms with Crippen molar-refractivity contribution in [3.8, 4) is 0 Å². The first-order valence-corrected chi connectivity index (χ1v) is 9.25. The Morgan fingerprint density at radius 3 is 2.72 bits per heavy atom. The van der Waals surface area contributed by atoms with E-state index in [0.717, 1.165) is 0 Å². The van der Waals surface area contributed by atoms with Gasteiger partial charge in [0.25, 0.3) is 11.8 Å². The molecule has 2 amide bonds. The van der Waals surface area contributed by atoms with E-state index in [0.29, 0.717) is 23.9 Å². The summed E-state index contributed by atoms with van der Waals surface area (Å²) in [6.07, 6.45) is 0.931. The van der Waals surface area contributed by atoms with Crippen LogP contribution in [0.5, 0.6) is 0 Å². The molecule has 8 nitrogen and oxygen atoms in total. The molecule has 0 spiro atoms. The van der Waals surface area contributed by atoms with Crippen molar-refractivity contribution in [2.75, 3.05) is 13.1 Å². The molecule has 4 rings (SSSR count). The number of aliphatic hydroxyl groups excluding tert-OH is 1. The van der Waals surface area contributed by atoms with Gasteiger partial charge in [-0.1, -0.05) is 18.2 Å². The smallest absolute Gasteiger partial charge is 0.289 e. The maximum absolute atomic E-state index is 12.8. The lowest BCUT2D eigenvalue weighted by Crippen LogP contribution is -2.55. The van der Waals surface area contributed by atoms with E-state index in [2.05, 4.69) is 10.3 Å². The van der Waals surface area contributed by atoms with Gasteiger partial charge in [0, 0.05) is 25.4 Å². The first-order valence-electron chi connectivity index (χ1n) is 9.25. The molecule has 0 unspecified atom stereocenters. The number of piperidine rings is 1. The highest BCUT2D eigenvalue weighted by atomic mass is 16.3. The van der Waals surface area contributed by atoms with E-state index >= 15 is 0 Å². The molecule has 8 heteroatoms. The monoisotopic (exact) mass is 393 g/mol. The van der Waals surface area contributed by atoms with Crippen LogP contribution in [0.3, 0.4) is 0 Å². The number of carbonyl (C=O) groups is 2. The Bertz CT molecular complexity index is 1110.